The first-order valence-electron chi connectivity index (χ1n) is 25.2. The van der Waals surface area contributed by atoms with E-state index in [0.717, 1.165) is 98.7 Å². The fraction of sp³-hybridized carbons (Fsp3) is 0.156. The van der Waals surface area contributed by atoms with Crippen LogP contribution in [0.5, 0.6) is 0 Å². The summed E-state index contributed by atoms with van der Waals surface area (Å²) in [5, 5.41) is 35.4. The van der Waals surface area contributed by atoms with E-state index in [-0.39, 0.29) is 31.8 Å². The van der Waals surface area contributed by atoms with E-state index < -0.39 is 17.5 Å². The Morgan fingerprint density at radius 2 is 0.909 bits per heavy atom. The summed E-state index contributed by atoms with van der Waals surface area (Å²) in [5.74, 6) is -2.93. The molecule has 0 spiro atoms. The number of nitrogens with zero attached hydrogens (tertiary/aromatic N) is 4. The van der Waals surface area contributed by atoms with Crippen molar-refractivity contribution < 1.29 is 59.6 Å². The van der Waals surface area contributed by atoms with E-state index in [1.54, 1.807) is 18.2 Å². The normalized spacial score (nSPS) is 11.9. The average molecular weight is 1080 g/mol. The van der Waals surface area contributed by atoms with Gasteiger partial charge in [0.25, 0.3) is 0 Å². The van der Waals surface area contributed by atoms with Crippen LogP contribution in [0.1, 0.15) is 85.2 Å². The van der Waals surface area contributed by atoms with Crippen LogP contribution >= 0.6 is 0 Å². The molecule has 4 aromatic carbocycles. The molecule has 0 atom stereocenters. The third-order valence-corrected chi connectivity index (χ3v) is 13.1. The number of carboxylic acids is 2. The molecule has 3 aromatic heterocycles. The molecule has 2 aliphatic heterocycles. The molecule has 0 radical (unpaired) electrons. The van der Waals surface area contributed by atoms with E-state index in [1.807, 2.05) is 37.3 Å². The standard InChI is InChI=1S/C58H50N4O4.C6H10O4.Zn/c1-5-35-12-20-39(21-13-35)52-45-28-29-46(59-45)53(40-22-14-36(6-2)15-23-40)48-32-33-50(61-48)55(42-26-18-38(8-4)19-27-42)56-43(10-9-11-44(57(63)64)58(65)66)34-51(62-56)54(49-31-30-47(52)60-49)41-24-16-37(7-3)17-25-41;1-2-3-4-6(10-8)5-9-7;/h9-34H,5-8H2,1-4H3,(H4,59,60,61,62,63,64,65,66);2-4,7-8H,5H2,1H3;/q;;+2/p-2/b10-9+,52-45?,52-47?,53-46?,53-48?,54-49?,54-51?,55-50?,56-55?;;. The van der Waals surface area contributed by atoms with Crippen LogP contribution in [-0.2, 0) is 64.5 Å². The zero-order chi connectivity index (χ0) is 53.7. The number of allylic oxidation sites excluding steroid dienone is 5. The van der Waals surface area contributed by atoms with Gasteiger partial charge in [0.05, 0.1) is 22.8 Å². The van der Waals surface area contributed by atoms with Crippen molar-refractivity contribution in [2.45, 2.75) is 60.3 Å². The van der Waals surface area contributed by atoms with Gasteiger partial charge in [0.15, 0.2) is 5.76 Å². The number of hydrogen-bond donors (Lipinski definition) is 4. The first kappa shape index (κ1) is 56.4. The second kappa shape index (κ2) is 26.4. The molecule has 12 nitrogen and oxygen atoms in total. The molecule has 77 heavy (non-hydrogen) atoms. The van der Waals surface area contributed by atoms with Crippen molar-refractivity contribution in [1.29, 1.82) is 0 Å². The number of rotatable bonds is 16. The van der Waals surface area contributed by atoms with Crippen LogP contribution in [0.4, 0.5) is 0 Å². The van der Waals surface area contributed by atoms with Crippen LogP contribution in [0.3, 0.4) is 0 Å². The number of aliphatic carboxylic acids is 2. The molecule has 4 N–H and O–H groups in total. The zero-order valence-corrected chi connectivity index (χ0v) is 46.7. The Bertz CT molecular complexity index is 3600. The van der Waals surface area contributed by atoms with Crippen LogP contribution in [0, 0.1) is 0 Å². The first-order valence-corrected chi connectivity index (χ1v) is 25.2. The Morgan fingerprint density at radius 1 is 0.519 bits per heavy atom. The van der Waals surface area contributed by atoms with E-state index in [0.29, 0.717) is 28.0 Å². The Kier molecular flexibility index (Phi) is 19.4. The molecule has 5 heterocycles. The summed E-state index contributed by atoms with van der Waals surface area (Å²) in [7, 11) is 0. The van der Waals surface area contributed by atoms with Crippen molar-refractivity contribution in [2.24, 2.45) is 0 Å². The van der Waals surface area contributed by atoms with Crippen LogP contribution in [0.15, 0.2) is 157 Å². The van der Waals surface area contributed by atoms with E-state index in [4.69, 9.17) is 30.5 Å². The van der Waals surface area contributed by atoms with Crippen molar-refractivity contribution in [3.05, 3.63) is 208 Å². The number of benzene rings is 4. The second-order valence-corrected chi connectivity index (χ2v) is 17.9. The second-order valence-electron chi connectivity index (χ2n) is 17.9. The topological polar surface area (TPSA) is 187 Å². The quantitative estimate of drug-likeness (QED) is 0.0105. The van der Waals surface area contributed by atoms with Crippen molar-refractivity contribution in [3.63, 3.8) is 0 Å². The molecule has 0 fully saturated rings. The summed E-state index contributed by atoms with van der Waals surface area (Å²) >= 11 is 0. The average Bonchev–Trinajstić information content (AvgIpc) is 4.36. The van der Waals surface area contributed by atoms with Gasteiger partial charge >= 0.3 is 31.4 Å². The minimum atomic E-state index is -1.53. The summed E-state index contributed by atoms with van der Waals surface area (Å²) in [6.45, 7) is 10.2. The maximum atomic E-state index is 11.9. The third-order valence-electron chi connectivity index (χ3n) is 13.1. The molecule has 0 amide bonds. The van der Waals surface area contributed by atoms with E-state index in [1.165, 1.54) is 34.4 Å². The fourth-order valence-corrected chi connectivity index (χ4v) is 8.98. The smallest absolute Gasteiger partial charge is 0.657 e. The number of hydrogen-bond acceptors (Lipinski definition) is 8. The van der Waals surface area contributed by atoms with Crippen molar-refractivity contribution >= 4 is 64.4 Å². The minimum absolute atomic E-state index is 0. The number of carbonyl (C=O) groups is 2. The molecule has 9 rings (SSSR count). The maximum Gasteiger partial charge on any atom is 2.00 e. The van der Waals surface area contributed by atoms with Gasteiger partial charge in [0, 0.05) is 0 Å². The van der Waals surface area contributed by atoms with E-state index >= 15 is 0 Å². The van der Waals surface area contributed by atoms with Gasteiger partial charge in [-0.3, -0.25) is 5.26 Å². The molecule has 2 aliphatic rings. The van der Waals surface area contributed by atoms with E-state index in [2.05, 4.69) is 147 Å². The molecular formula is C64H58N4O8Zn. The number of fused-ring (bicyclic) bond motifs is 8. The van der Waals surface area contributed by atoms with Crippen LogP contribution in [-0.4, -0.2) is 49.2 Å². The molecule has 0 unspecified atom stereocenters. The monoisotopic (exact) mass is 1070 g/mol. The van der Waals surface area contributed by atoms with Gasteiger partial charge in [-0.05, 0) is 141 Å². The largest absolute Gasteiger partial charge is 2.00 e. The molecule has 384 valence electrons. The molecule has 8 bridgehead atoms. The van der Waals surface area contributed by atoms with Gasteiger partial charge in [0.2, 0.25) is 0 Å². The van der Waals surface area contributed by atoms with Crippen molar-refractivity contribution in [2.75, 3.05) is 6.61 Å². The maximum absolute atomic E-state index is 11.9. The van der Waals surface area contributed by atoms with E-state index in [9.17, 15) is 19.8 Å². The predicted octanol–water partition coefficient (Wildman–Crippen LogP) is 14.4. The SMILES string of the molecule is CC=CC=C(COO)OO.CCc1ccc(-c2c3nc(c(-c4ccc(CC)cc4)c4cc(/C=C/C=C(C(=O)O)C(=O)O)c([n-]4)c(-c4ccc(CC)cc4)c4nc(c(-c5ccc(CC)cc5)c5ccc2[n-]5)C=C4)C=C3)cc1.[Zn+2]. The van der Waals surface area contributed by atoms with Gasteiger partial charge in [-0.1, -0.05) is 167 Å². The van der Waals surface area contributed by atoms with Gasteiger partial charge in [0.1, 0.15) is 12.2 Å². The Hall–Kier alpha value is -8.32. The summed E-state index contributed by atoms with van der Waals surface area (Å²) in [6, 6.07) is 40.1. The van der Waals surface area contributed by atoms with Crippen LogP contribution in [0.25, 0.3) is 97.0 Å². The van der Waals surface area contributed by atoms with Crippen LogP contribution in [0.2, 0.25) is 0 Å². The van der Waals surface area contributed by atoms with Gasteiger partial charge in [-0.25, -0.2) is 29.7 Å². The number of aryl methyl sites for hydroxylation is 4. The molecule has 13 heteroatoms. The Labute approximate surface area is 460 Å². The molecule has 0 saturated heterocycles. The number of aromatic nitrogens is 4. The molecule has 7 aromatic rings. The zero-order valence-electron chi connectivity index (χ0n) is 43.7. The van der Waals surface area contributed by atoms with Gasteiger partial charge in [-0.2, -0.15) is 0 Å². The molecule has 0 aliphatic carbocycles. The predicted molar refractivity (Wildman–Crippen MR) is 304 cm³/mol. The Morgan fingerprint density at radius 3 is 1.27 bits per heavy atom. The van der Waals surface area contributed by atoms with Gasteiger partial charge in [-0.15, -0.1) is 22.1 Å². The summed E-state index contributed by atoms with van der Waals surface area (Å²) < 4.78 is 0. The third kappa shape index (κ3) is 13.0. The summed E-state index contributed by atoms with van der Waals surface area (Å²) in [5.41, 5.74) is 17.4. The fourth-order valence-electron chi connectivity index (χ4n) is 8.98. The van der Waals surface area contributed by atoms with Crippen molar-refractivity contribution in [1.82, 2.24) is 19.9 Å². The summed E-state index contributed by atoms with van der Waals surface area (Å²) in [4.78, 5) is 53.2. The molecular weight excluding hydrogens is 1020 g/mol. The van der Waals surface area contributed by atoms with Crippen molar-refractivity contribution in [3.8, 4) is 44.5 Å². The Balaban J connectivity index is 0.000000712. The van der Waals surface area contributed by atoms with Gasteiger partial charge < -0.3 is 25.1 Å². The summed E-state index contributed by atoms with van der Waals surface area (Å²) in [6.07, 6.45) is 20.8. The first-order chi connectivity index (χ1) is 37.0. The van der Waals surface area contributed by atoms with Crippen LogP contribution < -0.4 is 9.97 Å². The minimum Gasteiger partial charge on any atom is -0.657 e. The molecule has 0 saturated carbocycles. The number of carboxylic acid groups (broad SMARTS) is 2.